The second-order valence-electron chi connectivity index (χ2n) is 6.67. The molecule has 0 radical (unpaired) electrons. The minimum Gasteiger partial charge on any atom is -0.699 e. The molecule has 0 aliphatic rings. The van der Waals surface area contributed by atoms with E-state index in [0.717, 1.165) is 54.8 Å². The third-order valence-corrected chi connectivity index (χ3v) is 7.46. The zero-order valence-electron chi connectivity index (χ0n) is 17.2. The SMILES string of the molecule is COS(=O)(=O)c1cc(Cl)sc1Cl.[NH-]c1ccc(C(O)(c2cccc(C(F)(F)F)c2)C(F)(F)F)cc1. The van der Waals surface area contributed by atoms with Gasteiger partial charge >= 0.3 is 12.4 Å². The fourth-order valence-corrected chi connectivity index (χ4v) is 5.47. The highest BCUT2D eigenvalue weighted by Gasteiger charge is 2.56. The van der Waals surface area contributed by atoms with Crippen molar-refractivity contribution >= 4 is 50.3 Å². The Morgan fingerprint density at radius 3 is 1.89 bits per heavy atom. The molecule has 2 N–H and O–H groups in total. The van der Waals surface area contributed by atoms with E-state index >= 15 is 0 Å². The van der Waals surface area contributed by atoms with Gasteiger partial charge < -0.3 is 10.8 Å². The summed E-state index contributed by atoms with van der Waals surface area (Å²) in [4.78, 5) is -0.0818. The molecule has 3 rings (SSSR count). The number of hydrogen-bond acceptors (Lipinski definition) is 5. The molecule has 0 aliphatic carbocycles. The third kappa shape index (κ3) is 6.60. The molecule has 0 amide bonds. The quantitative estimate of drug-likeness (QED) is 0.254. The van der Waals surface area contributed by atoms with E-state index in [9.17, 15) is 39.9 Å². The summed E-state index contributed by atoms with van der Waals surface area (Å²) >= 11 is 12.1. The van der Waals surface area contributed by atoms with Gasteiger partial charge in [-0.05, 0) is 29.3 Å². The van der Waals surface area contributed by atoms with E-state index in [-0.39, 0.29) is 21.0 Å². The molecule has 1 unspecified atom stereocenters. The molecule has 0 bridgehead atoms. The Balaban J connectivity index is 0.000000303. The number of nitrogens with one attached hydrogen (secondary N) is 1. The number of hydrogen-bond donors (Lipinski definition) is 1. The van der Waals surface area contributed by atoms with Gasteiger partial charge in [0.1, 0.15) is 9.23 Å². The molecule has 1 atom stereocenters. The lowest BCUT2D eigenvalue weighted by molar-refractivity contribution is -0.248. The number of aliphatic hydroxyl groups is 1. The van der Waals surface area contributed by atoms with Crippen LogP contribution in [0.3, 0.4) is 0 Å². The monoisotopic (exact) mass is 580 g/mol. The zero-order valence-corrected chi connectivity index (χ0v) is 20.4. The van der Waals surface area contributed by atoms with Gasteiger partial charge in [-0.2, -0.15) is 34.8 Å². The predicted octanol–water partition coefficient (Wildman–Crippen LogP) is 7.58. The lowest BCUT2D eigenvalue weighted by Gasteiger charge is -2.32. The van der Waals surface area contributed by atoms with Crippen molar-refractivity contribution in [2.75, 3.05) is 7.11 Å². The first kappa shape index (κ1) is 29.2. The molecule has 5 nitrogen and oxygen atoms in total. The molecule has 35 heavy (non-hydrogen) atoms. The summed E-state index contributed by atoms with van der Waals surface area (Å²) in [5.74, 6) is 0. The maximum absolute atomic E-state index is 13.4. The molecule has 3 aromatic rings. The Hall–Kier alpha value is -2.03. The van der Waals surface area contributed by atoms with Crippen LogP contribution in [0.15, 0.2) is 59.5 Å². The van der Waals surface area contributed by atoms with E-state index in [2.05, 4.69) is 4.18 Å². The summed E-state index contributed by atoms with van der Waals surface area (Å²) in [6.07, 6.45) is -10.1. The minimum atomic E-state index is -5.25. The highest BCUT2D eigenvalue weighted by atomic mass is 35.5. The average molecular weight is 581 g/mol. The van der Waals surface area contributed by atoms with Gasteiger partial charge in [-0.3, -0.25) is 4.18 Å². The second-order valence-corrected chi connectivity index (χ2v) is 10.6. The highest BCUT2D eigenvalue weighted by molar-refractivity contribution is 7.87. The minimum absolute atomic E-state index is 0.0818. The number of rotatable bonds is 4. The van der Waals surface area contributed by atoms with Crippen LogP contribution < -0.4 is 0 Å². The van der Waals surface area contributed by atoms with Gasteiger partial charge in [0.25, 0.3) is 10.1 Å². The van der Waals surface area contributed by atoms with E-state index < -0.39 is 44.8 Å². The Kier molecular flexibility index (Phi) is 8.78. The number of thiophene rings is 1. The molecule has 1 aromatic heterocycles. The lowest BCUT2D eigenvalue weighted by Crippen LogP contribution is -2.43. The summed E-state index contributed by atoms with van der Waals surface area (Å²) in [6, 6.07) is 7.46. The molecule has 0 saturated heterocycles. The van der Waals surface area contributed by atoms with Crippen molar-refractivity contribution in [3.63, 3.8) is 0 Å². The molecule has 15 heteroatoms. The van der Waals surface area contributed by atoms with E-state index in [4.69, 9.17) is 28.9 Å². The molecule has 192 valence electrons. The van der Waals surface area contributed by atoms with Crippen LogP contribution in [0.5, 0.6) is 0 Å². The van der Waals surface area contributed by atoms with Crippen molar-refractivity contribution < 1.29 is 44.0 Å². The predicted molar refractivity (Wildman–Crippen MR) is 119 cm³/mol. The Bertz CT molecular complexity index is 1280. The van der Waals surface area contributed by atoms with Crippen molar-refractivity contribution in [3.8, 4) is 0 Å². The van der Waals surface area contributed by atoms with E-state index in [1.165, 1.54) is 6.07 Å². The van der Waals surface area contributed by atoms with Crippen LogP contribution in [0.25, 0.3) is 5.73 Å². The fraction of sp³-hybridized carbons (Fsp3) is 0.200. The van der Waals surface area contributed by atoms with Crippen molar-refractivity contribution in [1.29, 1.82) is 0 Å². The Labute approximate surface area is 209 Å². The van der Waals surface area contributed by atoms with Gasteiger partial charge in [-0.25, -0.2) is 0 Å². The normalized spacial score (nSPS) is 14.1. The van der Waals surface area contributed by atoms with Gasteiger partial charge in [0, 0.05) is 0 Å². The van der Waals surface area contributed by atoms with Crippen molar-refractivity contribution in [2.24, 2.45) is 0 Å². The van der Waals surface area contributed by atoms with E-state index in [0.29, 0.717) is 10.4 Å². The van der Waals surface area contributed by atoms with E-state index in [1.54, 1.807) is 0 Å². The zero-order chi connectivity index (χ0) is 26.8. The molecular weight excluding hydrogens is 567 g/mol. The largest absolute Gasteiger partial charge is 0.699 e. The smallest absolute Gasteiger partial charge is 0.425 e. The topological polar surface area (TPSA) is 87.4 Å². The Morgan fingerprint density at radius 2 is 1.46 bits per heavy atom. The number of halogens is 8. The van der Waals surface area contributed by atoms with Crippen LogP contribution >= 0.6 is 34.5 Å². The van der Waals surface area contributed by atoms with Gasteiger partial charge in [0.05, 0.1) is 17.0 Å². The maximum atomic E-state index is 13.4. The standard InChI is InChI=1S/C15H10F6NO.C5H4Cl2O3S2/c16-14(17,18)11-3-1-2-10(8-11)13(23,15(19,20)21)9-4-6-12(22)7-5-9;1-10-12(8,9)3-2-4(6)11-5(3)7/h1-8,22-23H;2H,1H3/q-1;. The summed E-state index contributed by atoms with van der Waals surface area (Å²) in [6.45, 7) is 0. The molecular formula is C20H14Cl2F6NO4S2-. The van der Waals surface area contributed by atoms with Gasteiger partial charge in [0.2, 0.25) is 5.60 Å². The first-order valence-electron chi connectivity index (χ1n) is 8.98. The van der Waals surface area contributed by atoms with E-state index in [1.807, 2.05) is 0 Å². The van der Waals surface area contributed by atoms with Crippen LogP contribution in [0.4, 0.5) is 32.0 Å². The summed E-state index contributed by atoms with van der Waals surface area (Å²) in [7, 11) is -2.65. The first-order chi connectivity index (χ1) is 15.9. The number of alkyl halides is 6. The number of benzene rings is 2. The summed E-state index contributed by atoms with van der Waals surface area (Å²) < 4.78 is 105. The molecule has 2 aromatic carbocycles. The third-order valence-electron chi connectivity index (χ3n) is 4.43. The molecule has 0 fully saturated rings. The Morgan fingerprint density at radius 1 is 0.914 bits per heavy atom. The summed E-state index contributed by atoms with van der Waals surface area (Å²) in [5, 5.41) is 10.2. The maximum Gasteiger partial charge on any atom is 0.425 e. The van der Waals surface area contributed by atoms with Gasteiger partial charge in [-0.15, -0.1) is 17.0 Å². The molecule has 1 heterocycles. The lowest BCUT2D eigenvalue weighted by atomic mass is 9.85. The summed E-state index contributed by atoms with van der Waals surface area (Å²) in [5.41, 5.74) is 0.647. The first-order valence-corrected chi connectivity index (χ1v) is 12.0. The molecule has 0 aliphatic heterocycles. The van der Waals surface area contributed by atoms with Crippen LogP contribution in [0.2, 0.25) is 8.67 Å². The van der Waals surface area contributed by atoms with Crippen LogP contribution in [0, 0.1) is 0 Å². The fourth-order valence-electron chi connectivity index (χ4n) is 2.71. The van der Waals surface area contributed by atoms with Crippen molar-refractivity contribution in [1.82, 2.24) is 0 Å². The second kappa shape index (κ2) is 10.5. The van der Waals surface area contributed by atoms with Crippen molar-refractivity contribution in [2.45, 2.75) is 22.8 Å². The van der Waals surface area contributed by atoms with Crippen LogP contribution in [-0.2, 0) is 26.1 Å². The van der Waals surface area contributed by atoms with Gasteiger partial charge in [-0.1, -0.05) is 59.6 Å². The van der Waals surface area contributed by atoms with Gasteiger partial charge in [0.15, 0.2) is 0 Å². The molecule has 0 spiro atoms. The van der Waals surface area contributed by atoms with Crippen molar-refractivity contribution in [3.05, 3.63) is 85.7 Å². The average Bonchev–Trinajstić information content (AvgIpc) is 3.11. The van der Waals surface area contributed by atoms with Crippen LogP contribution in [-0.4, -0.2) is 26.8 Å². The highest BCUT2D eigenvalue weighted by Crippen LogP contribution is 2.45. The van der Waals surface area contributed by atoms with Crippen LogP contribution in [0.1, 0.15) is 16.7 Å². The molecule has 0 saturated carbocycles.